The highest BCUT2D eigenvalue weighted by atomic mass is 35.5. The van der Waals surface area contributed by atoms with Crippen molar-refractivity contribution in [1.29, 1.82) is 0 Å². The first-order valence-corrected chi connectivity index (χ1v) is 6.23. The Morgan fingerprint density at radius 2 is 2.29 bits per heavy atom. The Hall–Kier alpha value is -0.0100. The molecule has 1 nitrogen and oxygen atoms in total. The molecule has 14 heavy (non-hydrogen) atoms. The van der Waals surface area contributed by atoms with Gasteiger partial charge in [-0.2, -0.15) is 0 Å². The van der Waals surface area contributed by atoms with Crippen LogP contribution in [-0.4, -0.2) is 12.6 Å². The Balaban J connectivity index is 1.78. The van der Waals surface area contributed by atoms with Crippen LogP contribution >= 0.6 is 11.6 Å². The summed E-state index contributed by atoms with van der Waals surface area (Å²) in [4.78, 5) is 0. The van der Waals surface area contributed by atoms with Gasteiger partial charge >= 0.3 is 0 Å². The lowest BCUT2D eigenvalue weighted by Crippen LogP contribution is -2.36. The fourth-order valence-electron chi connectivity index (χ4n) is 3.36. The molecule has 2 bridgehead atoms. The molecule has 4 unspecified atom stereocenters. The van der Waals surface area contributed by atoms with E-state index in [4.69, 9.17) is 11.6 Å². The summed E-state index contributed by atoms with van der Waals surface area (Å²) in [6.07, 6.45) is 7.92. The van der Waals surface area contributed by atoms with Crippen molar-refractivity contribution < 1.29 is 0 Å². The van der Waals surface area contributed by atoms with E-state index in [0.717, 1.165) is 24.3 Å². The molecule has 0 radical (unpaired) electrons. The van der Waals surface area contributed by atoms with Crippen molar-refractivity contribution in [3.63, 3.8) is 0 Å². The first kappa shape index (κ1) is 10.5. The Labute approximate surface area is 91.9 Å². The lowest BCUT2D eigenvalue weighted by Gasteiger charge is -2.28. The Kier molecular flexibility index (Phi) is 3.51. The summed E-state index contributed by atoms with van der Waals surface area (Å²) in [7, 11) is 0. The molecular weight excluding hydrogens is 194 g/mol. The minimum atomic E-state index is 0.665. The quantitative estimate of drug-likeness (QED) is 0.757. The molecule has 4 atom stereocenters. The average Bonchev–Trinajstić information content (AvgIpc) is 2.79. The molecule has 1 N–H and O–H groups in total. The maximum absolute atomic E-state index is 5.49. The molecule has 0 heterocycles. The second-order valence-corrected chi connectivity index (χ2v) is 5.15. The summed E-state index contributed by atoms with van der Waals surface area (Å²) < 4.78 is 0. The van der Waals surface area contributed by atoms with Crippen molar-refractivity contribution >= 4 is 11.6 Å². The van der Waals surface area contributed by atoms with Gasteiger partial charge in [-0.05, 0) is 43.9 Å². The monoisotopic (exact) mass is 213 g/mol. The zero-order chi connectivity index (χ0) is 9.97. The molecule has 2 rings (SSSR count). The minimum Gasteiger partial charge on any atom is -0.310 e. The van der Waals surface area contributed by atoms with Gasteiger partial charge in [-0.3, -0.25) is 0 Å². The van der Waals surface area contributed by atoms with E-state index in [9.17, 15) is 0 Å². The van der Waals surface area contributed by atoms with Crippen LogP contribution in [0.25, 0.3) is 0 Å². The molecule has 0 saturated heterocycles. The van der Waals surface area contributed by atoms with Crippen molar-refractivity contribution in [3.05, 3.63) is 11.6 Å². The van der Waals surface area contributed by atoms with Gasteiger partial charge in [0.25, 0.3) is 0 Å². The maximum atomic E-state index is 5.49. The van der Waals surface area contributed by atoms with Crippen molar-refractivity contribution in [1.82, 2.24) is 5.32 Å². The number of hydrogen-bond donors (Lipinski definition) is 1. The number of rotatable bonds is 4. The van der Waals surface area contributed by atoms with Gasteiger partial charge in [-0.15, -0.1) is 0 Å². The van der Waals surface area contributed by atoms with Crippen LogP contribution in [0.1, 0.15) is 32.6 Å². The Morgan fingerprint density at radius 1 is 1.43 bits per heavy atom. The van der Waals surface area contributed by atoms with E-state index in [-0.39, 0.29) is 0 Å². The van der Waals surface area contributed by atoms with Crippen molar-refractivity contribution in [2.24, 2.45) is 17.8 Å². The van der Waals surface area contributed by atoms with Crippen LogP contribution in [0.4, 0.5) is 0 Å². The molecule has 2 saturated carbocycles. The van der Waals surface area contributed by atoms with E-state index >= 15 is 0 Å². The predicted octanol–water partition coefficient (Wildman–Crippen LogP) is 3.15. The lowest BCUT2D eigenvalue weighted by molar-refractivity contribution is 0.265. The number of hydrogen-bond acceptors (Lipinski definition) is 1. The molecule has 2 aliphatic carbocycles. The van der Waals surface area contributed by atoms with Gasteiger partial charge in [0.05, 0.1) is 0 Å². The van der Waals surface area contributed by atoms with Crippen LogP contribution in [0.2, 0.25) is 0 Å². The van der Waals surface area contributed by atoms with Gasteiger partial charge in [0.15, 0.2) is 0 Å². The van der Waals surface area contributed by atoms with Crippen LogP contribution in [-0.2, 0) is 0 Å². The average molecular weight is 214 g/mol. The standard InChI is InChI=1S/C12H20ClN/c1-9(14-6-2-5-13)12-8-10-3-4-11(12)7-10/h2,5,9-12,14H,3-4,6-8H2,1H3/b5-2+. The number of fused-ring (bicyclic) bond motifs is 2. The van der Waals surface area contributed by atoms with E-state index in [1.54, 1.807) is 5.54 Å². The van der Waals surface area contributed by atoms with E-state index in [1.165, 1.54) is 25.7 Å². The van der Waals surface area contributed by atoms with Gasteiger partial charge < -0.3 is 5.32 Å². The maximum Gasteiger partial charge on any atom is 0.0149 e. The summed E-state index contributed by atoms with van der Waals surface area (Å²) in [5, 5.41) is 3.54. The largest absolute Gasteiger partial charge is 0.310 e. The smallest absolute Gasteiger partial charge is 0.0149 e. The summed E-state index contributed by atoms with van der Waals surface area (Å²) in [5.41, 5.74) is 1.60. The first-order valence-electron chi connectivity index (χ1n) is 5.80. The summed E-state index contributed by atoms with van der Waals surface area (Å²) in [6.45, 7) is 3.24. The summed E-state index contributed by atoms with van der Waals surface area (Å²) >= 11 is 5.49. The molecule has 0 amide bonds. The third-order valence-corrected chi connectivity index (χ3v) is 4.26. The van der Waals surface area contributed by atoms with Crippen LogP contribution < -0.4 is 5.32 Å². The number of nitrogens with one attached hydrogen (secondary N) is 1. The van der Waals surface area contributed by atoms with Gasteiger partial charge in [0.1, 0.15) is 0 Å². The molecule has 0 aliphatic heterocycles. The Morgan fingerprint density at radius 3 is 2.86 bits per heavy atom. The second-order valence-electron chi connectivity index (χ2n) is 4.90. The van der Waals surface area contributed by atoms with Gasteiger partial charge in [-0.1, -0.05) is 24.1 Å². The normalized spacial score (nSPS) is 38.3. The van der Waals surface area contributed by atoms with Crippen LogP contribution in [0, 0.1) is 17.8 Å². The highest BCUT2D eigenvalue weighted by Gasteiger charge is 2.41. The molecular formula is C12H20ClN. The molecule has 0 spiro atoms. The van der Waals surface area contributed by atoms with Crippen molar-refractivity contribution in [2.45, 2.75) is 38.6 Å². The molecule has 80 valence electrons. The van der Waals surface area contributed by atoms with Crippen LogP contribution in [0.3, 0.4) is 0 Å². The number of halogens is 1. The molecule has 0 aromatic rings. The fraction of sp³-hybridized carbons (Fsp3) is 0.833. The summed E-state index contributed by atoms with van der Waals surface area (Å²) in [5.74, 6) is 3.00. The van der Waals surface area contributed by atoms with Crippen molar-refractivity contribution in [3.8, 4) is 0 Å². The van der Waals surface area contributed by atoms with E-state index in [0.29, 0.717) is 6.04 Å². The highest BCUT2D eigenvalue weighted by molar-refractivity contribution is 6.25. The predicted molar refractivity (Wildman–Crippen MR) is 61.4 cm³/mol. The molecule has 2 aliphatic rings. The second kappa shape index (κ2) is 4.67. The van der Waals surface area contributed by atoms with E-state index in [1.807, 2.05) is 6.08 Å². The molecule has 0 aromatic carbocycles. The molecule has 2 heteroatoms. The Bertz CT molecular complexity index is 214. The highest BCUT2D eigenvalue weighted by Crippen LogP contribution is 2.49. The van der Waals surface area contributed by atoms with Crippen molar-refractivity contribution in [2.75, 3.05) is 6.54 Å². The van der Waals surface area contributed by atoms with Gasteiger partial charge in [-0.25, -0.2) is 0 Å². The minimum absolute atomic E-state index is 0.665. The first-order chi connectivity index (χ1) is 6.81. The lowest BCUT2D eigenvalue weighted by atomic mass is 9.84. The zero-order valence-corrected chi connectivity index (χ0v) is 9.63. The van der Waals surface area contributed by atoms with E-state index in [2.05, 4.69) is 12.2 Å². The third kappa shape index (κ3) is 2.14. The molecule has 0 aromatic heterocycles. The molecule has 2 fully saturated rings. The fourth-order valence-corrected chi connectivity index (χ4v) is 3.45. The van der Waals surface area contributed by atoms with Gasteiger partial charge in [0.2, 0.25) is 0 Å². The van der Waals surface area contributed by atoms with Crippen LogP contribution in [0.5, 0.6) is 0 Å². The van der Waals surface area contributed by atoms with Crippen LogP contribution in [0.15, 0.2) is 11.6 Å². The topological polar surface area (TPSA) is 12.0 Å². The van der Waals surface area contributed by atoms with E-state index < -0.39 is 0 Å². The summed E-state index contributed by atoms with van der Waals surface area (Å²) in [6, 6.07) is 0.665. The third-order valence-electron chi connectivity index (χ3n) is 4.08. The zero-order valence-electron chi connectivity index (χ0n) is 8.88. The van der Waals surface area contributed by atoms with Gasteiger partial charge in [0, 0.05) is 18.1 Å². The SMILES string of the molecule is CC(NC/C=C/Cl)C1CC2CCC1C2.